The molecule has 0 atom stereocenters. The van der Waals surface area contributed by atoms with Crippen LogP contribution in [0.3, 0.4) is 0 Å². The molecule has 6 heteroatoms. The van der Waals surface area contributed by atoms with Crippen LogP contribution < -0.4 is 14.8 Å². The van der Waals surface area contributed by atoms with Crippen molar-refractivity contribution in [3.05, 3.63) is 77.7 Å². The monoisotopic (exact) mass is 396 g/mol. The van der Waals surface area contributed by atoms with Crippen LogP contribution in [0.4, 0.5) is 5.69 Å². The Hall–Kier alpha value is -2.99. The van der Waals surface area contributed by atoms with Crippen molar-refractivity contribution < 1.29 is 13.9 Å². The van der Waals surface area contributed by atoms with Crippen LogP contribution in [-0.4, -0.2) is 24.2 Å². The fraction of sp³-hybridized carbons (Fsp3) is 0.227. The van der Waals surface area contributed by atoms with Gasteiger partial charge in [0.05, 0.1) is 32.7 Å². The minimum absolute atomic E-state index is 0.561. The number of hydrogen-bond acceptors (Lipinski definition) is 4. The number of ether oxygens (including phenoxy) is 2. The van der Waals surface area contributed by atoms with Gasteiger partial charge in [-0.1, -0.05) is 29.8 Å². The number of methoxy groups -OCH3 is 2. The molecule has 5 nitrogen and oxygen atoms in total. The maximum Gasteiger partial charge on any atom is 0.174 e. The normalized spacial score (nSPS) is 10.4. The molecular weight excluding hydrogens is 372 g/mol. The van der Waals surface area contributed by atoms with Crippen LogP contribution in [0.2, 0.25) is 0 Å². The molecule has 0 aliphatic rings. The summed E-state index contributed by atoms with van der Waals surface area (Å²) in [6.45, 7) is 3.30. The summed E-state index contributed by atoms with van der Waals surface area (Å²) in [6.07, 6.45) is 1.67. The van der Waals surface area contributed by atoms with Gasteiger partial charge in [-0.3, -0.25) is 0 Å². The zero-order chi connectivity index (χ0) is 19.9. The van der Waals surface area contributed by atoms with E-state index >= 15 is 0 Å². The standard InChI is InChI=1S/C22H24N2O3S/c1-16-6-4-7-17(12-16)14-24(15-19-8-5-11-27-19)22(28)23-20-10-9-18(25-2)13-21(20)26-3/h4-13H,14-15H2,1-3H3,(H,23,28). The zero-order valence-electron chi connectivity index (χ0n) is 16.3. The fourth-order valence-corrected chi connectivity index (χ4v) is 3.16. The summed E-state index contributed by atoms with van der Waals surface area (Å²) in [7, 11) is 3.25. The molecule has 0 aliphatic carbocycles. The molecule has 0 bridgehead atoms. The van der Waals surface area contributed by atoms with E-state index in [1.807, 2.05) is 30.3 Å². The highest BCUT2D eigenvalue weighted by atomic mass is 32.1. The number of nitrogens with zero attached hydrogens (tertiary/aromatic N) is 1. The van der Waals surface area contributed by atoms with Crippen molar-refractivity contribution in [3.8, 4) is 11.5 Å². The molecular formula is C22H24N2O3S. The summed E-state index contributed by atoms with van der Waals surface area (Å²) in [6, 6.07) is 17.8. The lowest BCUT2D eigenvalue weighted by Gasteiger charge is -2.26. The molecule has 0 radical (unpaired) electrons. The summed E-state index contributed by atoms with van der Waals surface area (Å²) < 4.78 is 16.3. The number of aryl methyl sites for hydroxylation is 1. The van der Waals surface area contributed by atoms with Crippen LogP contribution >= 0.6 is 12.2 Å². The highest BCUT2D eigenvalue weighted by Gasteiger charge is 2.15. The first kappa shape index (κ1) is 19.8. The summed E-state index contributed by atoms with van der Waals surface area (Å²) in [4.78, 5) is 2.06. The van der Waals surface area contributed by atoms with E-state index in [2.05, 4.69) is 41.4 Å². The van der Waals surface area contributed by atoms with Gasteiger partial charge in [0.25, 0.3) is 0 Å². The number of anilines is 1. The Morgan fingerprint density at radius 3 is 2.57 bits per heavy atom. The first-order valence-electron chi connectivity index (χ1n) is 8.95. The average molecular weight is 397 g/mol. The molecule has 0 aliphatic heterocycles. The quantitative estimate of drug-likeness (QED) is 0.567. The van der Waals surface area contributed by atoms with Crippen molar-refractivity contribution in [1.82, 2.24) is 4.90 Å². The molecule has 3 rings (SSSR count). The summed E-state index contributed by atoms with van der Waals surface area (Å²) in [5.41, 5.74) is 3.17. The first-order valence-corrected chi connectivity index (χ1v) is 9.35. The molecule has 28 heavy (non-hydrogen) atoms. The number of hydrogen-bond donors (Lipinski definition) is 1. The minimum Gasteiger partial charge on any atom is -0.497 e. The van der Waals surface area contributed by atoms with Gasteiger partial charge >= 0.3 is 0 Å². The van der Waals surface area contributed by atoms with Gasteiger partial charge in [0.1, 0.15) is 17.3 Å². The van der Waals surface area contributed by atoms with E-state index in [4.69, 9.17) is 26.1 Å². The lowest BCUT2D eigenvalue weighted by molar-refractivity contribution is 0.360. The smallest absolute Gasteiger partial charge is 0.174 e. The Balaban J connectivity index is 1.81. The molecule has 1 aromatic heterocycles. The molecule has 1 N–H and O–H groups in total. The Labute approximate surface area is 170 Å². The van der Waals surface area contributed by atoms with Crippen molar-refractivity contribution in [2.24, 2.45) is 0 Å². The zero-order valence-corrected chi connectivity index (χ0v) is 17.1. The maximum atomic E-state index is 5.72. The van der Waals surface area contributed by atoms with Gasteiger partial charge in [0.15, 0.2) is 5.11 Å². The summed E-state index contributed by atoms with van der Waals surface area (Å²) in [5.74, 6) is 2.23. The minimum atomic E-state index is 0.561. The van der Waals surface area contributed by atoms with Gasteiger partial charge in [-0.2, -0.15) is 0 Å². The summed E-state index contributed by atoms with van der Waals surface area (Å²) in [5, 5.41) is 3.88. The van der Waals surface area contributed by atoms with E-state index in [9.17, 15) is 0 Å². The van der Waals surface area contributed by atoms with Crippen LogP contribution in [0.5, 0.6) is 11.5 Å². The predicted octanol–water partition coefficient (Wildman–Crippen LogP) is 5.00. The molecule has 2 aromatic carbocycles. The Kier molecular flexibility index (Phi) is 6.55. The third kappa shape index (κ3) is 5.04. The number of benzene rings is 2. The number of furan rings is 1. The topological polar surface area (TPSA) is 46.9 Å². The van der Waals surface area contributed by atoms with Gasteiger partial charge in [-0.05, 0) is 49.0 Å². The maximum absolute atomic E-state index is 5.72. The lowest BCUT2D eigenvalue weighted by Crippen LogP contribution is -2.33. The number of rotatable bonds is 7. The molecule has 0 spiro atoms. The SMILES string of the molecule is COc1ccc(NC(=S)N(Cc2cccc(C)c2)Cc2ccco2)c(OC)c1. The van der Waals surface area contributed by atoms with Crippen LogP contribution in [0, 0.1) is 6.92 Å². The van der Waals surface area contributed by atoms with Crippen LogP contribution in [0.25, 0.3) is 0 Å². The molecule has 0 fully saturated rings. The molecule has 146 valence electrons. The number of nitrogens with one attached hydrogen (secondary N) is 1. The second-order valence-corrected chi connectivity index (χ2v) is 6.81. The average Bonchev–Trinajstić information content (AvgIpc) is 3.21. The van der Waals surface area contributed by atoms with Gasteiger partial charge in [0.2, 0.25) is 0 Å². The van der Waals surface area contributed by atoms with Crippen LogP contribution in [0.15, 0.2) is 65.3 Å². The summed E-state index contributed by atoms with van der Waals surface area (Å²) >= 11 is 5.72. The Morgan fingerprint density at radius 1 is 1.04 bits per heavy atom. The van der Waals surface area contributed by atoms with E-state index in [-0.39, 0.29) is 0 Å². The van der Waals surface area contributed by atoms with E-state index in [0.717, 1.165) is 17.2 Å². The van der Waals surface area contributed by atoms with Crippen LogP contribution in [0.1, 0.15) is 16.9 Å². The van der Waals surface area contributed by atoms with Gasteiger partial charge in [0, 0.05) is 12.6 Å². The second-order valence-electron chi connectivity index (χ2n) is 6.42. The van der Waals surface area contributed by atoms with Crippen molar-refractivity contribution in [1.29, 1.82) is 0 Å². The van der Waals surface area contributed by atoms with E-state index in [1.165, 1.54) is 11.1 Å². The Bertz CT molecular complexity index is 925. The van der Waals surface area contributed by atoms with E-state index in [1.54, 1.807) is 20.5 Å². The van der Waals surface area contributed by atoms with Crippen molar-refractivity contribution in [2.75, 3.05) is 19.5 Å². The largest absolute Gasteiger partial charge is 0.497 e. The van der Waals surface area contributed by atoms with Gasteiger partial charge in [-0.15, -0.1) is 0 Å². The molecule has 0 saturated heterocycles. The molecule has 1 heterocycles. The number of thiocarbonyl (C=S) groups is 1. The van der Waals surface area contributed by atoms with Crippen molar-refractivity contribution >= 4 is 23.0 Å². The van der Waals surface area contributed by atoms with Gasteiger partial charge < -0.3 is 24.1 Å². The predicted molar refractivity (Wildman–Crippen MR) is 115 cm³/mol. The van der Waals surface area contributed by atoms with E-state index < -0.39 is 0 Å². The highest BCUT2D eigenvalue weighted by Crippen LogP contribution is 2.29. The third-order valence-electron chi connectivity index (χ3n) is 4.32. The molecule has 0 saturated carbocycles. The fourth-order valence-electron chi connectivity index (χ4n) is 2.92. The van der Waals surface area contributed by atoms with Crippen molar-refractivity contribution in [2.45, 2.75) is 20.0 Å². The second kappa shape index (κ2) is 9.28. The van der Waals surface area contributed by atoms with Crippen LogP contribution in [-0.2, 0) is 13.1 Å². The third-order valence-corrected chi connectivity index (χ3v) is 4.68. The molecule has 0 amide bonds. The molecule has 3 aromatic rings. The highest BCUT2D eigenvalue weighted by molar-refractivity contribution is 7.80. The van der Waals surface area contributed by atoms with Crippen molar-refractivity contribution in [3.63, 3.8) is 0 Å². The van der Waals surface area contributed by atoms with Gasteiger partial charge in [-0.25, -0.2) is 0 Å². The first-order chi connectivity index (χ1) is 13.6. The lowest BCUT2D eigenvalue weighted by atomic mass is 10.1. The molecule has 0 unspecified atom stereocenters. The van der Waals surface area contributed by atoms with E-state index in [0.29, 0.717) is 24.0 Å². The Morgan fingerprint density at radius 2 is 1.89 bits per heavy atom.